The Hall–Kier alpha value is -4.16. The molecule has 0 radical (unpaired) electrons. The van der Waals surface area contributed by atoms with Crippen LogP contribution in [0.5, 0.6) is 0 Å². The second-order valence-electron chi connectivity index (χ2n) is 6.14. The number of ether oxygens (including phenoxy) is 2. The van der Waals surface area contributed by atoms with Gasteiger partial charge >= 0.3 is 11.9 Å². The monoisotopic (exact) mass is 464 g/mol. The van der Waals surface area contributed by atoms with E-state index in [2.05, 4.69) is 9.47 Å². The number of aldehydes is 1. The van der Waals surface area contributed by atoms with Crippen LogP contribution in [-0.2, 0) is 36.9 Å². The first kappa shape index (κ1) is 28.8. The zero-order valence-corrected chi connectivity index (χ0v) is 18.3. The molecule has 0 aromatic heterocycles. The number of hydrogen-bond acceptors (Lipinski definition) is 10. The number of benzene rings is 2. The molecule has 0 bridgehead atoms. The number of carbonyl (C=O) groups excluding carboxylic acids is 3. The molecule has 0 spiro atoms. The van der Waals surface area contributed by atoms with Gasteiger partial charge in [-0.25, -0.2) is 15.1 Å². The summed E-state index contributed by atoms with van der Waals surface area (Å²) in [5.41, 5.74) is 4.67. The maximum absolute atomic E-state index is 10.8. The Morgan fingerprint density at radius 3 is 2.15 bits per heavy atom. The van der Waals surface area contributed by atoms with E-state index in [4.69, 9.17) is 5.21 Å². The summed E-state index contributed by atoms with van der Waals surface area (Å²) in [5, 5.41) is 28.0. The summed E-state index contributed by atoms with van der Waals surface area (Å²) < 4.78 is 9.08. The van der Waals surface area contributed by atoms with Crippen LogP contribution in [0.3, 0.4) is 0 Å². The van der Waals surface area contributed by atoms with E-state index in [9.17, 15) is 29.7 Å². The predicted octanol–water partition coefficient (Wildman–Crippen LogP) is 1.57. The van der Waals surface area contributed by atoms with Crippen LogP contribution in [-0.4, -0.2) is 58.7 Å². The fraction of sp³-hybridized carbons (Fsp3) is 0.238. The molecule has 0 amide bonds. The first-order valence-electron chi connectivity index (χ1n) is 9.24. The van der Waals surface area contributed by atoms with Crippen LogP contribution in [0.4, 0.5) is 5.69 Å². The lowest BCUT2D eigenvalue weighted by atomic mass is 10.1. The Kier molecular flexibility index (Phi) is 14.4. The number of aryl methyl sites for hydroxylation is 1. The Labute approximate surface area is 189 Å². The Morgan fingerprint density at radius 1 is 1.06 bits per heavy atom. The SMILES string of the molecule is COC(=O)/C=[N+](/O)Cc1cccc(C)c1.COC(=O)C=O.O=[N+]([O-])c1cccc(CNO)c1. The quantitative estimate of drug-likeness (QED) is 0.0799. The number of nitro groups is 1. The summed E-state index contributed by atoms with van der Waals surface area (Å²) in [6, 6.07) is 13.8. The number of nitrogens with one attached hydrogen (secondary N) is 1. The smallest absolute Gasteiger partial charge is 0.399 e. The van der Waals surface area contributed by atoms with Crippen molar-refractivity contribution in [3.05, 3.63) is 75.3 Å². The van der Waals surface area contributed by atoms with Crippen molar-refractivity contribution < 1.29 is 43.9 Å². The van der Waals surface area contributed by atoms with Crippen LogP contribution in [0.15, 0.2) is 48.5 Å². The number of nitrogens with zero attached hydrogens (tertiary/aromatic N) is 2. The van der Waals surface area contributed by atoms with Crippen molar-refractivity contribution in [2.45, 2.75) is 20.0 Å². The fourth-order valence-corrected chi connectivity index (χ4v) is 2.14. The summed E-state index contributed by atoms with van der Waals surface area (Å²) in [5.74, 6) is -1.42. The third kappa shape index (κ3) is 13.7. The third-order valence-corrected chi connectivity index (χ3v) is 3.58. The molecule has 0 fully saturated rings. The van der Waals surface area contributed by atoms with E-state index < -0.39 is 16.9 Å². The first-order chi connectivity index (χ1) is 15.7. The molecule has 33 heavy (non-hydrogen) atoms. The average Bonchev–Trinajstić information content (AvgIpc) is 2.79. The highest BCUT2D eigenvalue weighted by molar-refractivity contribution is 6.20. The molecule has 0 atom stereocenters. The first-order valence-corrected chi connectivity index (χ1v) is 9.24. The van der Waals surface area contributed by atoms with Gasteiger partial charge in [0, 0.05) is 24.2 Å². The lowest BCUT2D eigenvalue weighted by molar-refractivity contribution is -0.783. The standard InChI is InChI=1S/C11H14NO3.C7H8N2O3.C3H4O3/c1-9-4-3-5-10(6-9)7-12(14)8-11(13)15-2;10-8-5-6-2-1-3-7(4-6)9(11)12;1-6-3(5)2-4/h3-6,8,14H,7H2,1-2H3;1-4,8,10H,5H2;2H,1H3/q+1;;/b12-8+;;. The second kappa shape index (κ2) is 16.5. The minimum atomic E-state index is -0.838. The van der Waals surface area contributed by atoms with Crippen molar-refractivity contribution in [2.75, 3.05) is 14.2 Å². The Morgan fingerprint density at radius 2 is 1.67 bits per heavy atom. The predicted molar refractivity (Wildman–Crippen MR) is 115 cm³/mol. The molecular formula is C21H26N3O9+. The second-order valence-corrected chi connectivity index (χ2v) is 6.14. The normalized spacial score (nSPS) is 9.88. The van der Waals surface area contributed by atoms with Crippen molar-refractivity contribution in [1.29, 1.82) is 0 Å². The zero-order chi connectivity index (χ0) is 25.2. The van der Waals surface area contributed by atoms with Crippen LogP contribution >= 0.6 is 0 Å². The van der Waals surface area contributed by atoms with Crippen LogP contribution < -0.4 is 5.48 Å². The zero-order valence-electron chi connectivity index (χ0n) is 18.3. The summed E-state index contributed by atoms with van der Waals surface area (Å²) in [4.78, 5) is 39.5. The molecule has 0 saturated carbocycles. The summed E-state index contributed by atoms with van der Waals surface area (Å²) in [6.07, 6.45) is 1.11. The van der Waals surface area contributed by atoms with Gasteiger partial charge in [0.25, 0.3) is 11.9 Å². The summed E-state index contributed by atoms with van der Waals surface area (Å²) in [7, 11) is 2.41. The van der Waals surface area contributed by atoms with Gasteiger partial charge in [0.1, 0.15) is 0 Å². The van der Waals surface area contributed by atoms with Gasteiger partial charge in [0.05, 0.1) is 19.1 Å². The van der Waals surface area contributed by atoms with Gasteiger partial charge in [-0.3, -0.25) is 20.1 Å². The lowest BCUT2D eigenvalue weighted by Gasteiger charge is -1.97. The maximum atomic E-state index is 10.8. The highest BCUT2D eigenvalue weighted by Gasteiger charge is 2.08. The largest absolute Gasteiger partial charge is 0.463 e. The van der Waals surface area contributed by atoms with Gasteiger partial charge in [0.2, 0.25) is 12.8 Å². The number of non-ortho nitro benzene ring substituents is 1. The third-order valence-electron chi connectivity index (χ3n) is 3.58. The van der Waals surface area contributed by atoms with E-state index in [0.717, 1.165) is 29.2 Å². The number of hydrogen-bond donors (Lipinski definition) is 3. The molecule has 3 N–H and O–H groups in total. The van der Waals surface area contributed by atoms with Gasteiger partial charge in [0.15, 0.2) is 0 Å². The molecule has 2 aromatic carbocycles. The Bertz CT molecular complexity index is 962. The number of nitro benzene ring substituents is 1. The van der Waals surface area contributed by atoms with Crippen LogP contribution in [0, 0.1) is 17.0 Å². The topological polar surface area (TPSA) is 168 Å². The minimum absolute atomic E-state index is 0.0303. The van der Waals surface area contributed by atoms with E-state index in [0.29, 0.717) is 5.56 Å². The molecule has 12 nitrogen and oxygen atoms in total. The number of esters is 2. The lowest BCUT2D eigenvalue weighted by Crippen LogP contribution is -2.15. The fourth-order valence-electron chi connectivity index (χ4n) is 2.14. The van der Waals surface area contributed by atoms with Crippen LogP contribution in [0.25, 0.3) is 0 Å². The van der Waals surface area contributed by atoms with Crippen molar-refractivity contribution in [1.82, 2.24) is 5.48 Å². The molecule has 12 heteroatoms. The molecule has 0 aliphatic rings. The molecule has 0 aliphatic heterocycles. The van der Waals surface area contributed by atoms with E-state index in [1.165, 1.54) is 19.2 Å². The van der Waals surface area contributed by atoms with Crippen molar-refractivity contribution in [2.24, 2.45) is 0 Å². The van der Waals surface area contributed by atoms with E-state index in [-0.39, 0.29) is 25.1 Å². The number of methoxy groups -OCH3 is 2. The van der Waals surface area contributed by atoms with Gasteiger partial charge in [-0.2, -0.15) is 0 Å². The Balaban J connectivity index is 0.000000509. The molecule has 0 heterocycles. The van der Waals surface area contributed by atoms with Crippen molar-refractivity contribution in [3.8, 4) is 0 Å². The van der Waals surface area contributed by atoms with E-state index >= 15 is 0 Å². The molecule has 178 valence electrons. The molecule has 2 rings (SSSR count). The van der Waals surface area contributed by atoms with E-state index in [1.807, 2.05) is 36.7 Å². The van der Waals surface area contributed by atoms with Gasteiger partial charge < -0.3 is 14.7 Å². The summed E-state index contributed by atoms with van der Waals surface area (Å²) >= 11 is 0. The molecule has 0 aliphatic carbocycles. The van der Waals surface area contributed by atoms with Crippen LogP contribution in [0.1, 0.15) is 16.7 Å². The number of rotatable bonds is 7. The molecule has 0 unspecified atom stereocenters. The molecule has 2 aromatic rings. The molecule has 0 saturated heterocycles. The highest BCUT2D eigenvalue weighted by atomic mass is 16.6. The van der Waals surface area contributed by atoms with Gasteiger partial charge in [-0.15, -0.1) is 0 Å². The van der Waals surface area contributed by atoms with Gasteiger partial charge in [-0.05, 0) is 23.3 Å². The van der Waals surface area contributed by atoms with E-state index in [1.54, 1.807) is 12.1 Å². The van der Waals surface area contributed by atoms with Crippen molar-refractivity contribution in [3.63, 3.8) is 0 Å². The molecular weight excluding hydrogens is 438 g/mol. The van der Waals surface area contributed by atoms with Gasteiger partial charge in [-0.1, -0.05) is 35.9 Å². The van der Waals surface area contributed by atoms with Crippen LogP contribution in [0.2, 0.25) is 0 Å². The minimum Gasteiger partial charge on any atom is -0.463 e. The highest BCUT2D eigenvalue weighted by Crippen LogP contribution is 2.12. The number of carbonyl (C=O) groups is 3. The average molecular weight is 464 g/mol. The van der Waals surface area contributed by atoms with Crippen molar-refractivity contribution >= 4 is 30.1 Å². The number of hydroxylamine groups is 2. The maximum Gasteiger partial charge on any atom is 0.399 e. The summed E-state index contributed by atoms with van der Waals surface area (Å²) in [6.45, 7) is 2.44.